The van der Waals surface area contributed by atoms with Gasteiger partial charge < -0.3 is 21.1 Å². The van der Waals surface area contributed by atoms with Crippen LogP contribution in [0.15, 0.2) is 18.2 Å². The lowest BCUT2D eigenvalue weighted by Gasteiger charge is -2.14. The van der Waals surface area contributed by atoms with Crippen molar-refractivity contribution >= 4 is 28.9 Å². The standard InChI is InChI=1S/C11H15N3O2S/c1-3-13-11(15)14-9-7(10(12)17)5-4-6-8(9)16-2/h4-6H,3H2,1-2H3,(H2,12,17)(H2,13,14,15). The van der Waals surface area contributed by atoms with Gasteiger partial charge >= 0.3 is 6.03 Å². The van der Waals surface area contributed by atoms with E-state index in [9.17, 15) is 4.79 Å². The molecule has 1 aromatic carbocycles. The second-order valence-corrected chi connectivity index (χ2v) is 3.67. The molecule has 0 fully saturated rings. The fraction of sp³-hybridized carbons (Fsp3) is 0.273. The molecule has 0 unspecified atom stereocenters. The van der Waals surface area contributed by atoms with Crippen molar-refractivity contribution in [3.8, 4) is 5.75 Å². The fourth-order valence-corrected chi connectivity index (χ4v) is 1.52. The topological polar surface area (TPSA) is 76.4 Å². The highest BCUT2D eigenvalue weighted by Crippen LogP contribution is 2.28. The van der Waals surface area contributed by atoms with Crippen LogP contribution in [0.1, 0.15) is 12.5 Å². The molecule has 4 N–H and O–H groups in total. The van der Waals surface area contributed by atoms with E-state index in [-0.39, 0.29) is 11.0 Å². The highest BCUT2D eigenvalue weighted by molar-refractivity contribution is 7.80. The summed E-state index contributed by atoms with van der Waals surface area (Å²) >= 11 is 4.93. The number of amides is 2. The van der Waals surface area contributed by atoms with Crippen molar-refractivity contribution in [1.29, 1.82) is 0 Å². The summed E-state index contributed by atoms with van der Waals surface area (Å²) in [7, 11) is 1.52. The molecule has 2 amide bonds. The molecular weight excluding hydrogens is 238 g/mol. The van der Waals surface area contributed by atoms with Gasteiger partial charge in [0.05, 0.1) is 12.8 Å². The van der Waals surface area contributed by atoms with Crippen molar-refractivity contribution in [2.24, 2.45) is 5.73 Å². The van der Waals surface area contributed by atoms with Crippen molar-refractivity contribution in [1.82, 2.24) is 5.32 Å². The number of benzene rings is 1. The number of rotatable bonds is 4. The smallest absolute Gasteiger partial charge is 0.319 e. The van der Waals surface area contributed by atoms with E-state index in [4.69, 9.17) is 22.7 Å². The van der Waals surface area contributed by atoms with Crippen molar-refractivity contribution in [3.63, 3.8) is 0 Å². The summed E-state index contributed by atoms with van der Waals surface area (Å²) in [6.07, 6.45) is 0. The van der Waals surface area contributed by atoms with Crippen molar-refractivity contribution < 1.29 is 9.53 Å². The first-order chi connectivity index (χ1) is 8.10. The third-order valence-electron chi connectivity index (χ3n) is 2.09. The minimum Gasteiger partial charge on any atom is -0.495 e. The Morgan fingerprint density at radius 3 is 2.76 bits per heavy atom. The SMILES string of the molecule is CCNC(=O)Nc1c(OC)cccc1C(N)=S. The molecule has 0 atom stereocenters. The van der Waals surface area contributed by atoms with Crippen LogP contribution in [0.4, 0.5) is 10.5 Å². The number of ether oxygens (including phenoxy) is 1. The average Bonchev–Trinajstić information content (AvgIpc) is 2.29. The van der Waals surface area contributed by atoms with Crippen LogP contribution < -0.4 is 21.1 Å². The lowest BCUT2D eigenvalue weighted by molar-refractivity contribution is 0.252. The molecule has 0 bridgehead atoms. The molecule has 0 radical (unpaired) electrons. The van der Waals surface area contributed by atoms with Crippen LogP contribution in [0.2, 0.25) is 0 Å². The molecule has 0 aliphatic carbocycles. The summed E-state index contributed by atoms with van der Waals surface area (Å²) in [6.45, 7) is 2.36. The van der Waals surface area contributed by atoms with E-state index in [1.807, 2.05) is 6.92 Å². The van der Waals surface area contributed by atoms with Crippen LogP contribution >= 0.6 is 12.2 Å². The zero-order valence-electron chi connectivity index (χ0n) is 9.74. The molecule has 0 heterocycles. The van der Waals surface area contributed by atoms with Crippen LogP contribution in [0, 0.1) is 0 Å². The number of para-hydroxylation sites is 1. The van der Waals surface area contributed by atoms with Crippen LogP contribution in [-0.4, -0.2) is 24.7 Å². The Kier molecular flexibility index (Phi) is 4.71. The molecule has 0 spiro atoms. The van der Waals surface area contributed by atoms with Crippen molar-refractivity contribution in [3.05, 3.63) is 23.8 Å². The largest absolute Gasteiger partial charge is 0.495 e. The molecule has 0 aliphatic rings. The van der Waals surface area contributed by atoms with Crippen molar-refractivity contribution in [2.45, 2.75) is 6.92 Å². The maximum Gasteiger partial charge on any atom is 0.319 e. The second-order valence-electron chi connectivity index (χ2n) is 3.23. The highest BCUT2D eigenvalue weighted by atomic mass is 32.1. The monoisotopic (exact) mass is 253 g/mol. The number of methoxy groups -OCH3 is 1. The predicted molar refractivity (Wildman–Crippen MR) is 71.6 cm³/mol. The molecule has 6 heteroatoms. The van der Waals surface area contributed by atoms with Gasteiger partial charge in [0, 0.05) is 12.1 Å². The zero-order valence-corrected chi connectivity index (χ0v) is 10.6. The maximum absolute atomic E-state index is 11.5. The zero-order chi connectivity index (χ0) is 12.8. The number of anilines is 1. The molecule has 17 heavy (non-hydrogen) atoms. The number of nitrogens with one attached hydrogen (secondary N) is 2. The Morgan fingerprint density at radius 2 is 2.24 bits per heavy atom. The third-order valence-corrected chi connectivity index (χ3v) is 2.31. The minimum absolute atomic E-state index is 0.204. The van der Waals surface area contributed by atoms with Gasteiger partial charge in [-0.2, -0.15) is 0 Å². The van der Waals surface area contributed by atoms with Gasteiger partial charge in [0.1, 0.15) is 10.7 Å². The van der Waals surface area contributed by atoms with E-state index >= 15 is 0 Å². The third kappa shape index (κ3) is 3.32. The molecule has 0 aromatic heterocycles. The minimum atomic E-state index is -0.325. The van der Waals surface area contributed by atoms with Gasteiger partial charge in [0.25, 0.3) is 0 Å². The second kappa shape index (κ2) is 6.05. The molecule has 0 aliphatic heterocycles. The normalized spacial score (nSPS) is 9.53. The summed E-state index contributed by atoms with van der Waals surface area (Å²) in [5.74, 6) is 0.515. The number of urea groups is 1. The first-order valence-electron chi connectivity index (χ1n) is 5.11. The number of hydrogen-bond acceptors (Lipinski definition) is 3. The van der Waals surface area contributed by atoms with Crippen LogP contribution in [0.5, 0.6) is 5.75 Å². The van der Waals surface area contributed by atoms with Gasteiger partial charge in [-0.1, -0.05) is 18.3 Å². The molecule has 0 saturated heterocycles. The number of thiocarbonyl (C=S) groups is 1. The summed E-state index contributed by atoms with van der Waals surface area (Å²) in [6, 6.07) is 4.89. The average molecular weight is 253 g/mol. The van der Waals surface area contributed by atoms with Gasteiger partial charge in [-0.15, -0.1) is 0 Å². The Balaban J connectivity index is 3.09. The van der Waals surface area contributed by atoms with E-state index < -0.39 is 0 Å². The summed E-state index contributed by atoms with van der Waals surface area (Å²) in [5, 5.41) is 5.29. The van der Waals surface area contributed by atoms with Gasteiger partial charge in [0.2, 0.25) is 0 Å². The number of carbonyl (C=O) groups excluding carboxylic acids is 1. The summed E-state index contributed by atoms with van der Waals surface area (Å²) in [5.41, 5.74) is 6.65. The number of carbonyl (C=O) groups is 1. The Hall–Kier alpha value is -1.82. The number of hydrogen-bond donors (Lipinski definition) is 3. The van der Waals surface area contributed by atoms with Gasteiger partial charge in [-0.3, -0.25) is 0 Å². The van der Waals surface area contributed by atoms with E-state index in [2.05, 4.69) is 10.6 Å². The lowest BCUT2D eigenvalue weighted by atomic mass is 10.1. The van der Waals surface area contributed by atoms with Gasteiger partial charge in [-0.05, 0) is 19.1 Å². The highest BCUT2D eigenvalue weighted by Gasteiger charge is 2.13. The molecule has 1 aromatic rings. The van der Waals surface area contributed by atoms with E-state index in [1.165, 1.54) is 7.11 Å². The van der Waals surface area contributed by atoms with E-state index in [0.29, 0.717) is 23.5 Å². The van der Waals surface area contributed by atoms with Crippen LogP contribution in [0.3, 0.4) is 0 Å². The summed E-state index contributed by atoms with van der Waals surface area (Å²) < 4.78 is 5.16. The molecule has 92 valence electrons. The molecule has 5 nitrogen and oxygen atoms in total. The van der Waals surface area contributed by atoms with E-state index in [1.54, 1.807) is 18.2 Å². The predicted octanol–water partition coefficient (Wildman–Crippen LogP) is 1.47. The van der Waals surface area contributed by atoms with Crippen LogP contribution in [-0.2, 0) is 0 Å². The molecule has 1 rings (SSSR count). The lowest BCUT2D eigenvalue weighted by Crippen LogP contribution is -2.29. The molecular formula is C11H15N3O2S. The Bertz CT molecular complexity index is 435. The van der Waals surface area contributed by atoms with Gasteiger partial charge in [-0.25, -0.2) is 4.79 Å². The molecule has 0 saturated carbocycles. The summed E-state index contributed by atoms with van der Waals surface area (Å²) in [4.78, 5) is 11.7. The van der Waals surface area contributed by atoms with Crippen LogP contribution in [0.25, 0.3) is 0 Å². The fourth-order valence-electron chi connectivity index (χ4n) is 1.35. The van der Waals surface area contributed by atoms with Gasteiger partial charge in [0.15, 0.2) is 0 Å². The maximum atomic E-state index is 11.5. The number of nitrogens with two attached hydrogens (primary N) is 1. The Labute approximate surface area is 105 Å². The first kappa shape index (κ1) is 13.2. The Morgan fingerprint density at radius 1 is 1.53 bits per heavy atom. The van der Waals surface area contributed by atoms with Crippen molar-refractivity contribution in [2.75, 3.05) is 19.0 Å². The van der Waals surface area contributed by atoms with E-state index in [0.717, 1.165) is 0 Å². The first-order valence-corrected chi connectivity index (χ1v) is 5.52. The quantitative estimate of drug-likeness (QED) is 0.710.